The number of likely N-dealkylation sites (tertiary alicyclic amines) is 1. The number of nitrogens with zero attached hydrogens (tertiary/aromatic N) is 3. The fourth-order valence-corrected chi connectivity index (χ4v) is 3.53. The molecule has 2 heterocycles. The molecule has 1 aliphatic rings. The number of thiazole rings is 1. The third-order valence-corrected chi connectivity index (χ3v) is 5.15. The number of rotatable bonds is 5. The van der Waals surface area contributed by atoms with Crippen LogP contribution in [0, 0.1) is 5.92 Å². The molecule has 136 valence electrons. The highest BCUT2D eigenvalue weighted by Crippen LogP contribution is 2.18. The van der Waals surface area contributed by atoms with Crippen LogP contribution in [0.3, 0.4) is 0 Å². The van der Waals surface area contributed by atoms with Gasteiger partial charge in [-0.05, 0) is 19.3 Å². The number of aryl methyl sites for hydroxylation is 1. The fraction of sp³-hybridized carbons (Fsp3) is 0.688. The minimum atomic E-state index is -0.0946. The number of carbonyl (C=O) groups is 1. The van der Waals surface area contributed by atoms with E-state index in [0.29, 0.717) is 0 Å². The van der Waals surface area contributed by atoms with Crippen LogP contribution in [0.25, 0.3) is 0 Å². The Labute approximate surface area is 165 Å². The average molecular weight is 466 g/mol. The van der Waals surface area contributed by atoms with Crippen molar-refractivity contribution < 1.29 is 9.53 Å². The van der Waals surface area contributed by atoms with Gasteiger partial charge in [0.25, 0.3) is 0 Å². The van der Waals surface area contributed by atoms with Gasteiger partial charge in [-0.25, -0.2) is 4.98 Å². The summed E-state index contributed by atoms with van der Waals surface area (Å²) < 4.78 is 4.83. The monoisotopic (exact) mass is 466 g/mol. The standard InChI is InChI=1S/C16H26N4O2S.HI/c1-4-14-19-13(11-23-14)5-8-18-16(17-2)20-9-6-12(7-10-20)15(21)22-3;/h11-12H,4-10H2,1-3H3,(H,17,18);1H. The van der Waals surface area contributed by atoms with Crippen LogP contribution in [0.1, 0.15) is 30.5 Å². The number of ether oxygens (including phenoxy) is 1. The van der Waals surface area contributed by atoms with Crippen LogP contribution in [0.2, 0.25) is 0 Å². The molecular weight excluding hydrogens is 439 g/mol. The minimum absolute atomic E-state index is 0. The smallest absolute Gasteiger partial charge is 0.308 e. The van der Waals surface area contributed by atoms with Crippen LogP contribution in [0.4, 0.5) is 0 Å². The van der Waals surface area contributed by atoms with Gasteiger partial charge in [0.2, 0.25) is 0 Å². The van der Waals surface area contributed by atoms with E-state index in [-0.39, 0.29) is 35.9 Å². The van der Waals surface area contributed by atoms with Gasteiger partial charge >= 0.3 is 5.97 Å². The number of halogens is 1. The van der Waals surface area contributed by atoms with Gasteiger partial charge in [-0.2, -0.15) is 0 Å². The van der Waals surface area contributed by atoms with Crippen LogP contribution >= 0.6 is 35.3 Å². The van der Waals surface area contributed by atoms with Gasteiger partial charge in [-0.15, -0.1) is 35.3 Å². The molecule has 1 aromatic heterocycles. The van der Waals surface area contributed by atoms with Gasteiger partial charge in [0.1, 0.15) is 0 Å². The first-order valence-corrected chi connectivity index (χ1v) is 9.02. The summed E-state index contributed by atoms with van der Waals surface area (Å²) in [5.74, 6) is 0.832. The fourth-order valence-electron chi connectivity index (χ4n) is 2.75. The van der Waals surface area contributed by atoms with Crippen molar-refractivity contribution in [3.05, 3.63) is 16.1 Å². The number of aliphatic imine (C=N–C) groups is 1. The van der Waals surface area contributed by atoms with Crippen LogP contribution in [0.5, 0.6) is 0 Å². The van der Waals surface area contributed by atoms with Gasteiger partial charge in [0, 0.05) is 38.5 Å². The van der Waals surface area contributed by atoms with E-state index in [1.54, 1.807) is 18.4 Å². The molecule has 1 fully saturated rings. The van der Waals surface area contributed by atoms with Gasteiger partial charge in [-0.3, -0.25) is 9.79 Å². The lowest BCUT2D eigenvalue weighted by Gasteiger charge is -2.33. The molecule has 1 saturated heterocycles. The minimum Gasteiger partial charge on any atom is -0.469 e. The van der Waals surface area contributed by atoms with E-state index < -0.39 is 0 Å². The Morgan fingerprint density at radius 2 is 2.21 bits per heavy atom. The van der Waals surface area contributed by atoms with E-state index in [2.05, 4.69) is 32.5 Å². The van der Waals surface area contributed by atoms with E-state index in [4.69, 9.17) is 4.74 Å². The largest absolute Gasteiger partial charge is 0.469 e. The van der Waals surface area contributed by atoms with Crippen molar-refractivity contribution in [2.24, 2.45) is 10.9 Å². The number of carbonyl (C=O) groups excluding carboxylic acids is 1. The predicted molar refractivity (Wildman–Crippen MR) is 108 cm³/mol. The highest BCUT2D eigenvalue weighted by atomic mass is 127. The molecular formula is C16H27IN4O2S. The van der Waals surface area contributed by atoms with Crippen molar-refractivity contribution in [2.45, 2.75) is 32.6 Å². The third-order valence-electron chi connectivity index (χ3n) is 4.11. The molecule has 0 unspecified atom stereocenters. The molecule has 24 heavy (non-hydrogen) atoms. The molecule has 0 atom stereocenters. The maximum absolute atomic E-state index is 11.6. The van der Waals surface area contributed by atoms with Crippen molar-refractivity contribution in [2.75, 3.05) is 33.8 Å². The number of guanidine groups is 1. The van der Waals surface area contributed by atoms with Crippen molar-refractivity contribution in [1.29, 1.82) is 0 Å². The van der Waals surface area contributed by atoms with Crippen molar-refractivity contribution in [3.8, 4) is 0 Å². The highest BCUT2D eigenvalue weighted by Gasteiger charge is 2.26. The summed E-state index contributed by atoms with van der Waals surface area (Å²) in [5, 5.41) is 6.72. The quantitative estimate of drug-likeness (QED) is 0.312. The number of esters is 1. The number of methoxy groups -OCH3 is 1. The maximum Gasteiger partial charge on any atom is 0.308 e. The summed E-state index contributed by atoms with van der Waals surface area (Å²) in [6.07, 6.45) is 3.53. The Balaban J connectivity index is 0.00000288. The first-order chi connectivity index (χ1) is 11.2. The van der Waals surface area contributed by atoms with Gasteiger partial charge in [0.05, 0.1) is 23.7 Å². The molecule has 1 N–H and O–H groups in total. The van der Waals surface area contributed by atoms with E-state index in [0.717, 1.165) is 57.0 Å². The third kappa shape index (κ3) is 5.87. The summed E-state index contributed by atoms with van der Waals surface area (Å²) in [6.45, 7) is 4.60. The molecule has 0 saturated carbocycles. The van der Waals surface area contributed by atoms with Crippen molar-refractivity contribution in [3.63, 3.8) is 0 Å². The Hall–Kier alpha value is -0.900. The van der Waals surface area contributed by atoms with E-state index in [1.807, 2.05) is 0 Å². The lowest BCUT2D eigenvalue weighted by Crippen LogP contribution is -2.47. The summed E-state index contributed by atoms with van der Waals surface area (Å²) in [4.78, 5) is 22.7. The average Bonchev–Trinajstić information content (AvgIpc) is 3.06. The van der Waals surface area contributed by atoms with Crippen LogP contribution < -0.4 is 5.32 Å². The number of piperidine rings is 1. The van der Waals surface area contributed by atoms with Gasteiger partial charge in [-0.1, -0.05) is 6.92 Å². The lowest BCUT2D eigenvalue weighted by atomic mass is 9.97. The van der Waals surface area contributed by atoms with Crippen LogP contribution in [0.15, 0.2) is 10.4 Å². The second-order valence-electron chi connectivity index (χ2n) is 5.59. The Kier molecular flexibility index (Phi) is 9.57. The van der Waals surface area contributed by atoms with E-state index >= 15 is 0 Å². The zero-order chi connectivity index (χ0) is 16.7. The zero-order valence-corrected chi connectivity index (χ0v) is 17.7. The lowest BCUT2D eigenvalue weighted by molar-refractivity contribution is -0.146. The predicted octanol–water partition coefficient (Wildman–Crippen LogP) is 2.33. The molecule has 0 amide bonds. The number of hydrogen-bond donors (Lipinski definition) is 1. The normalized spacial score (nSPS) is 15.8. The molecule has 0 spiro atoms. The second-order valence-corrected chi connectivity index (χ2v) is 6.54. The molecule has 0 radical (unpaired) electrons. The number of nitrogens with one attached hydrogen (secondary N) is 1. The molecule has 0 bridgehead atoms. The molecule has 0 aliphatic carbocycles. The molecule has 8 heteroatoms. The number of hydrogen-bond acceptors (Lipinski definition) is 5. The maximum atomic E-state index is 11.6. The van der Waals surface area contributed by atoms with E-state index in [9.17, 15) is 4.79 Å². The highest BCUT2D eigenvalue weighted by molar-refractivity contribution is 14.0. The Bertz CT molecular complexity index is 542. The molecule has 6 nitrogen and oxygen atoms in total. The van der Waals surface area contributed by atoms with E-state index in [1.165, 1.54) is 12.1 Å². The van der Waals surface area contributed by atoms with Crippen LogP contribution in [-0.4, -0.2) is 55.6 Å². The Morgan fingerprint density at radius 1 is 1.50 bits per heavy atom. The second kappa shape index (κ2) is 10.9. The summed E-state index contributed by atoms with van der Waals surface area (Å²) >= 11 is 1.72. The van der Waals surface area contributed by atoms with Crippen molar-refractivity contribution >= 4 is 47.2 Å². The van der Waals surface area contributed by atoms with Gasteiger partial charge < -0.3 is 15.0 Å². The first-order valence-electron chi connectivity index (χ1n) is 8.14. The first kappa shape index (κ1) is 21.1. The summed E-state index contributed by atoms with van der Waals surface area (Å²) in [7, 11) is 3.25. The molecule has 1 aromatic rings. The zero-order valence-electron chi connectivity index (χ0n) is 14.6. The summed E-state index contributed by atoms with van der Waals surface area (Å²) in [5.41, 5.74) is 1.14. The topological polar surface area (TPSA) is 66.8 Å². The van der Waals surface area contributed by atoms with Gasteiger partial charge in [0.15, 0.2) is 5.96 Å². The van der Waals surface area contributed by atoms with Crippen LogP contribution in [-0.2, 0) is 22.4 Å². The Morgan fingerprint density at radius 3 is 2.75 bits per heavy atom. The van der Waals surface area contributed by atoms with Crippen molar-refractivity contribution in [1.82, 2.24) is 15.2 Å². The molecule has 1 aliphatic heterocycles. The molecule has 0 aromatic carbocycles. The SMILES string of the molecule is CCc1nc(CCNC(=NC)N2CCC(C(=O)OC)CC2)cs1.I. The molecule has 2 rings (SSSR count). The number of aromatic nitrogens is 1. The summed E-state index contributed by atoms with van der Waals surface area (Å²) in [6, 6.07) is 0.